The van der Waals surface area contributed by atoms with Crippen molar-refractivity contribution in [3.05, 3.63) is 0 Å². The lowest BCUT2D eigenvalue weighted by molar-refractivity contribution is 0.519. The van der Waals surface area contributed by atoms with Gasteiger partial charge in [-0.2, -0.15) is 12.6 Å². The Morgan fingerprint density at radius 3 is 1.50 bits per heavy atom. The highest BCUT2D eigenvalue weighted by Crippen LogP contribution is 2.11. The van der Waals surface area contributed by atoms with E-state index in [1.807, 2.05) is 0 Å². The molecule has 2 heteroatoms. The van der Waals surface area contributed by atoms with Gasteiger partial charge in [0.05, 0.1) is 5.37 Å². The minimum Gasteiger partial charge on any atom is -0.306 e. The number of rotatable bonds is 18. The third-order valence-corrected chi connectivity index (χ3v) is 4.93. The number of nitrogens with one attached hydrogen (secondary N) is 1. The van der Waals surface area contributed by atoms with Crippen molar-refractivity contribution in [1.82, 2.24) is 5.32 Å². The summed E-state index contributed by atoms with van der Waals surface area (Å²) in [7, 11) is 0. The summed E-state index contributed by atoms with van der Waals surface area (Å²) in [6.07, 6.45) is 22.2. The summed E-state index contributed by atoms with van der Waals surface area (Å²) >= 11 is 4.64. The Labute approximate surface area is 146 Å². The zero-order chi connectivity index (χ0) is 16.3. The van der Waals surface area contributed by atoms with E-state index in [0.717, 1.165) is 6.54 Å². The van der Waals surface area contributed by atoms with E-state index in [2.05, 4.69) is 31.8 Å². The summed E-state index contributed by atoms with van der Waals surface area (Å²) in [6.45, 7) is 5.71. The first-order valence-corrected chi connectivity index (χ1v) is 10.7. The van der Waals surface area contributed by atoms with Crippen LogP contribution in [-0.4, -0.2) is 11.9 Å². The highest BCUT2D eigenvalue weighted by molar-refractivity contribution is 7.80. The first-order valence-electron chi connectivity index (χ1n) is 10.2. The van der Waals surface area contributed by atoms with Crippen molar-refractivity contribution in [2.24, 2.45) is 0 Å². The highest BCUT2D eigenvalue weighted by atomic mass is 32.1. The first kappa shape index (κ1) is 22.3. The van der Waals surface area contributed by atoms with E-state index in [9.17, 15) is 0 Å². The average Bonchev–Trinajstić information content (AvgIpc) is 2.52. The van der Waals surface area contributed by atoms with Crippen LogP contribution in [0.2, 0.25) is 0 Å². The topological polar surface area (TPSA) is 12.0 Å². The van der Waals surface area contributed by atoms with Crippen LogP contribution in [0, 0.1) is 0 Å². The zero-order valence-corrected chi connectivity index (χ0v) is 16.4. The number of unbranched alkanes of at least 4 members (excludes halogenated alkanes) is 13. The van der Waals surface area contributed by atoms with Crippen LogP contribution in [0.15, 0.2) is 0 Å². The lowest BCUT2D eigenvalue weighted by Gasteiger charge is -2.12. The predicted molar refractivity (Wildman–Crippen MR) is 106 cm³/mol. The van der Waals surface area contributed by atoms with Gasteiger partial charge in [-0.1, -0.05) is 104 Å². The molecule has 0 radical (unpaired) electrons. The molecule has 134 valence electrons. The van der Waals surface area contributed by atoms with Gasteiger partial charge in [0.25, 0.3) is 0 Å². The van der Waals surface area contributed by atoms with Crippen molar-refractivity contribution in [1.29, 1.82) is 0 Å². The Morgan fingerprint density at radius 1 is 0.591 bits per heavy atom. The van der Waals surface area contributed by atoms with Gasteiger partial charge in [0.15, 0.2) is 0 Å². The second-order valence-electron chi connectivity index (χ2n) is 6.85. The fourth-order valence-corrected chi connectivity index (χ4v) is 3.24. The summed E-state index contributed by atoms with van der Waals surface area (Å²) in [6, 6.07) is 0. The largest absolute Gasteiger partial charge is 0.306 e. The van der Waals surface area contributed by atoms with Gasteiger partial charge in [-0.15, -0.1) is 0 Å². The van der Waals surface area contributed by atoms with Crippen molar-refractivity contribution >= 4 is 12.6 Å². The van der Waals surface area contributed by atoms with E-state index >= 15 is 0 Å². The average molecular weight is 330 g/mol. The maximum Gasteiger partial charge on any atom is 0.0502 e. The molecule has 0 saturated heterocycles. The van der Waals surface area contributed by atoms with E-state index in [4.69, 9.17) is 0 Å². The molecular formula is C20H43NS. The van der Waals surface area contributed by atoms with Crippen LogP contribution < -0.4 is 5.32 Å². The van der Waals surface area contributed by atoms with E-state index in [0.29, 0.717) is 5.37 Å². The quantitative estimate of drug-likeness (QED) is 0.155. The van der Waals surface area contributed by atoms with Gasteiger partial charge >= 0.3 is 0 Å². The van der Waals surface area contributed by atoms with E-state index < -0.39 is 0 Å². The number of hydrogen-bond acceptors (Lipinski definition) is 2. The summed E-state index contributed by atoms with van der Waals surface area (Å²) in [5.74, 6) is 0. The molecule has 0 aliphatic heterocycles. The lowest BCUT2D eigenvalue weighted by Crippen LogP contribution is -2.24. The van der Waals surface area contributed by atoms with Crippen LogP contribution >= 0.6 is 12.6 Å². The van der Waals surface area contributed by atoms with Crippen LogP contribution in [-0.2, 0) is 0 Å². The maximum absolute atomic E-state index is 4.64. The SMILES string of the molecule is CCCCCCCCCCCCNC(S)CCCCCCC. The van der Waals surface area contributed by atoms with E-state index in [1.54, 1.807) is 0 Å². The van der Waals surface area contributed by atoms with Crippen LogP contribution in [0.1, 0.15) is 117 Å². The monoisotopic (exact) mass is 329 g/mol. The van der Waals surface area contributed by atoms with Gasteiger partial charge in [-0.3, -0.25) is 0 Å². The van der Waals surface area contributed by atoms with Crippen molar-refractivity contribution in [2.45, 2.75) is 122 Å². The molecule has 0 spiro atoms. The molecule has 1 nitrogen and oxygen atoms in total. The molecule has 0 aliphatic carbocycles. The van der Waals surface area contributed by atoms with Crippen molar-refractivity contribution in [3.63, 3.8) is 0 Å². The third kappa shape index (κ3) is 18.4. The summed E-state index contributed by atoms with van der Waals surface area (Å²) in [5, 5.41) is 3.98. The second kappa shape index (κ2) is 19.4. The molecule has 0 amide bonds. The van der Waals surface area contributed by atoms with Gasteiger partial charge in [-0.05, 0) is 19.4 Å². The fourth-order valence-electron chi connectivity index (χ4n) is 2.92. The molecular weight excluding hydrogens is 286 g/mol. The summed E-state index contributed by atoms with van der Waals surface area (Å²) in [4.78, 5) is 0. The Morgan fingerprint density at radius 2 is 1.00 bits per heavy atom. The first-order chi connectivity index (χ1) is 10.8. The third-order valence-electron chi connectivity index (χ3n) is 4.49. The zero-order valence-electron chi connectivity index (χ0n) is 15.5. The van der Waals surface area contributed by atoms with Crippen LogP contribution in [0.4, 0.5) is 0 Å². The van der Waals surface area contributed by atoms with Crippen molar-refractivity contribution < 1.29 is 0 Å². The lowest BCUT2D eigenvalue weighted by atomic mass is 10.1. The molecule has 0 aliphatic rings. The summed E-state index contributed by atoms with van der Waals surface area (Å²) in [5.41, 5.74) is 0. The smallest absolute Gasteiger partial charge is 0.0502 e. The number of thiol groups is 1. The van der Waals surface area contributed by atoms with Gasteiger partial charge in [0.2, 0.25) is 0 Å². The van der Waals surface area contributed by atoms with Crippen molar-refractivity contribution in [2.75, 3.05) is 6.54 Å². The minimum atomic E-state index is 0.417. The standard InChI is InChI=1S/C20H43NS/c1-3-5-7-9-10-11-12-13-15-17-19-21-20(22)18-16-14-8-6-4-2/h20-22H,3-19H2,1-2H3. The molecule has 0 aromatic rings. The molecule has 0 aromatic heterocycles. The molecule has 22 heavy (non-hydrogen) atoms. The molecule has 0 bridgehead atoms. The normalized spacial score (nSPS) is 12.7. The minimum absolute atomic E-state index is 0.417. The maximum atomic E-state index is 4.64. The fraction of sp³-hybridized carbons (Fsp3) is 1.00. The van der Waals surface area contributed by atoms with E-state index in [1.165, 1.54) is 103 Å². The molecule has 0 saturated carbocycles. The summed E-state index contributed by atoms with van der Waals surface area (Å²) < 4.78 is 0. The predicted octanol–water partition coefficient (Wildman–Crippen LogP) is 7.11. The Kier molecular flexibility index (Phi) is 19.6. The Bertz CT molecular complexity index is 196. The van der Waals surface area contributed by atoms with Gasteiger partial charge in [-0.25, -0.2) is 0 Å². The molecule has 0 aromatic carbocycles. The Hall–Kier alpha value is 0.310. The molecule has 1 atom stereocenters. The van der Waals surface area contributed by atoms with Crippen LogP contribution in [0.3, 0.4) is 0 Å². The van der Waals surface area contributed by atoms with Gasteiger partial charge in [0, 0.05) is 0 Å². The Balaban J connectivity index is 3.09. The van der Waals surface area contributed by atoms with Crippen LogP contribution in [0.25, 0.3) is 0 Å². The molecule has 0 heterocycles. The second-order valence-corrected chi connectivity index (χ2v) is 7.48. The highest BCUT2D eigenvalue weighted by Gasteiger charge is 2.01. The van der Waals surface area contributed by atoms with Gasteiger partial charge in [0.1, 0.15) is 0 Å². The van der Waals surface area contributed by atoms with E-state index in [-0.39, 0.29) is 0 Å². The van der Waals surface area contributed by atoms with Crippen LogP contribution in [0.5, 0.6) is 0 Å². The molecule has 1 N–H and O–H groups in total. The van der Waals surface area contributed by atoms with Gasteiger partial charge < -0.3 is 5.32 Å². The molecule has 0 fully saturated rings. The molecule has 1 unspecified atom stereocenters. The van der Waals surface area contributed by atoms with Crippen molar-refractivity contribution in [3.8, 4) is 0 Å². The number of hydrogen-bond donors (Lipinski definition) is 2. The molecule has 0 rings (SSSR count).